The summed E-state index contributed by atoms with van der Waals surface area (Å²) < 4.78 is 1.90. The molecule has 9 heteroatoms. The Morgan fingerprint density at radius 2 is 1.85 bits per heavy atom. The minimum atomic E-state index is -0.184. The number of carbonyl (C=O) groups excluding carboxylic acids is 1. The van der Waals surface area contributed by atoms with Crippen LogP contribution in [0.4, 0.5) is 0 Å². The molecule has 0 atom stereocenters. The van der Waals surface area contributed by atoms with Gasteiger partial charge in [0.1, 0.15) is 12.4 Å². The van der Waals surface area contributed by atoms with Crippen LogP contribution in [0.25, 0.3) is 17.0 Å². The molecule has 0 aliphatic heterocycles. The molecular weight excluding hydrogens is 332 g/mol. The number of nitrogens with one attached hydrogen (secondary N) is 1. The number of nitrogens with zero attached hydrogens (tertiary/aromatic N) is 7. The predicted molar refractivity (Wildman–Crippen MR) is 93.0 cm³/mol. The Balaban J connectivity index is 1.31. The first-order chi connectivity index (χ1) is 12.8. The van der Waals surface area contributed by atoms with Gasteiger partial charge in [0.25, 0.3) is 0 Å². The molecule has 1 aromatic carbocycles. The Hall–Kier alpha value is -3.62. The zero-order chi connectivity index (χ0) is 17.8. The normalized spacial score (nSPS) is 10.9. The van der Waals surface area contributed by atoms with E-state index in [1.54, 1.807) is 0 Å². The summed E-state index contributed by atoms with van der Waals surface area (Å²) in [6.45, 7) is 0.467. The zero-order valence-corrected chi connectivity index (χ0v) is 13.9. The predicted octanol–water partition coefficient (Wildman–Crippen LogP) is 0.742. The molecule has 0 unspecified atom stereocenters. The number of hydrogen-bond donors (Lipinski definition) is 1. The van der Waals surface area contributed by atoms with Gasteiger partial charge in [-0.05, 0) is 17.3 Å². The van der Waals surface area contributed by atoms with Gasteiger partial charge in [-0.25, -0.2) is 0 Å². The number of amides is 1. The van der Waals surface area contributed by atoms with E-state index in [2.05, 4.69) is 30.9 Å². The summed E-state index contributed by atoms with van der Waals surface area (Å²) in [4.78, 5) is 13.3. The van der Waals surface area contributed by atoms with Crippen molar-refractivity contribution in [2.75, 3.05) is 6.54 Å². The number of benzene rings is 1. The van der Waals surface area contributed by atoms with Gasteiger partial charge in [0, 0.05) is 24.7 Å². The van der Waals surface area contributed by atoms with Crippen molar-refractivity contribution in [3.8, 4) is 11.4 Å². The number of carbonyl (C=O) groups is 1. The lowest BCUT2D eigenvalue weighted by atomic mass is 10.2. The molecule has 0 saturated carbocycles. The number of rotatable bonds is 6. The van der Waals surface area contributed by atoms with Gasteiger partial charge in [0.2, 0.25) is 11.7 Å². The van der Waals surface area contributed by atoms with Crippen molar-refractivity contribution in [2.45, 2.75) is 13.0 Å². The summed E-state index contributed by atoms with van der Waals surface area (Å²) in [5.41, 5.74) is 1.65. The fourth-order valence-electron chi connectivity index (χ4n) is 2.57. The lowest BCUT2D eigenvalue weighted by Crippen LogP contribution is -2.30. The second kappa shape index (κ2) is 7.09. The molecule has 0 aliphatic carbocycles. The Bertz CT molecular complexity index is 1020. The Morgan fingerprint density at radius 1 is 1.00 bits per heavy atom. The number of pyridine rings is 1. The highest BCUT2D eigenvalue weighted by Crippen LogP contribution is 2.11. The van der Waals surface area contributed by atoms with Crippen molar-refractivity contribution in [3.63, 3.8) is 0 Å². The highest BCUT2D eigenvalue weighted by Gasteiger charge is 2.10. The van der Waals surface area contributed by atoms with Gasteiger partial charge in [-0.15, -0.1) is 20.4 Å². The minimum absolute atomic E-state index is 0.0143. The first-order valence-corrected chi connectivity index (χ1v) is 8.18. The molecule has 9 nitrogen and oxygen atoms in total. The number of tetrazole rings is 1. The number of aromatic nitrogens is 7. The van der Waals surface area contributed by atoms with Gasteiger partial charge < -0.3 is 5.32 Å². The summed E-state index contributed by atoms with van der Waals surface area (Å²) in [5, 5.41) is 23.2. The van der Waals surface area contributed by atoms with Crippen molar-refractivity contribution in [3.05, 3.63) is 60.6 Å². The third-order valence-corrected chi connectivity index (χ3v) is 3.82. The Labute approximate surface area is 148 Å². The fourth-order valence-corrected chi connectivity index (χ4v) is 2.57. The maximum Gasteiger partial charge on any atom is 0.243 e. The van der Waals surface area contributed by atoms with Crippen molar-refractivity contribution < 1.29 is 4.79 Å². The molecule has 1 amide bonds. The van der Waals surface area contributed by atoms with Gasteiger partial charge in [0.05, 0.1) is 0 Å². The van der Waals surface area contributed by atoms with Crippen LogP contribution in [-0.4, -0.2) is 47.3 Å². The Morgan fingerprint density at radius 3 is 2.73 bits per heavy atom. The summed E-state index contributed by atoms with van der Waals surface area (Å²) in [5.74, 6) is 1.11. The van der Waals surface area contributed by atoms with Crippen molar-refractivity contribution in [1.82, 2.24) is 40.1 Å². The highest BCUT2D eigenvalue weighted by atomic mass is 16.2. The SMILES string of the molecule is O=C(Cn1nnc(-c2ccccc2)n1)NCCc1nnc2ccccn12. The minimum Gasteiger partial charge on any atom is -0.354 e. The van der Waals surface area contributed by atoms with Crippen LogP contribution in [0.2, 0.25) is 0 Å². The first kappa shape index (κ1) is 15.9. The monoisotopic (exact) mass is 348 g/mol. The largest absolute Gasteiger partial charge is 0.354 e. The number of fused-ring (bicyclic) bond motifs is 1. The van der Waals surface area contributed by atoms with Gasteiger partial charge in [-0.1, -0.05) is 36.4 Å². The number of hydrogen-bond acceptors (Lipinski definition) is 6. The average Bonchev–Trinajstić information content (AvgIpc) is 3.30. The molecule has 130 valence electrons. The molecule has 0 fully saturated rings. The molecular formula is C17H16N8O. The van der Waals surface area contributed by atoms with Crippen LogP contribution in [0.15, 0.2) is 54.7 Å². The van der Waals surface area contributed by atoms with E-state index in [0.29, 0.717) is 18.8 Å². The molecule has 0 saturated heterocycles. The van der Waals surface area contributed by atoms with Crippen LogP contribution in [0.5, 0.6) is 0 Å². The molecule has 3 heterocycles. The van der Waals surface area contributed by atoms with Crippen LogP contribution < -0.4 is 5.32 Å². The maximum atomic E-state index is 12.1. The first-order valence-electron chi connectivity index (χ1n) is 8.18. The lowest BCUT2D eigenvalue weighted by Gasteiger charge is -2.03. The molecule has 4 aromatic rings. The summed E-state index contributed by atoms with van der Waals surface area (Å²) >= 11 is 0. The zero-order valence-electron chi connectivity index (χ0n) is 13.9. The van der Waals surface area contributed by atoms with E-state index >= 15 is 0 Å². The van der Waals surface area contributed by atoms with Gasteiger partial charge >= 0.3 is 0 Å². The van der Waals surface area contributed by atoms with Crippen molar-refractivity contribution >= 4 is 11.6 Å². The summed E-state index contributed by atoms with van der Waals surface area (Å²) in [7, 11) is 0. The van der Waals surface area contributed by atoms with Crippen molar-refractivity contribution in [1.29, 1.82) is 0 Å². The molecule has 0 radical (unpaired) electrons. The van der Waals surface area contributed by atoms with E-state index in [4.69, 9.17) is 0 Å². The van der Waals surface area contributed by atoms with E-state index < -0.39 is 0 Å². The highest BCUT2D eigenvalue weighted by molar-refractivity contribution is 5.75. The van der Waals surface area contributed by atoms with Crippen LogP contribution in [0.1, 0.15) is 5.82 Å². The molecule has 1 N–H and O–H groups in total. The van der Waals surface area contributed by atoms with E-state index in [1.165, 1.54) is 4.80 Å². The van der Waals surface area contributed by atoms with Gasteiger partial charge in [-0.3, -0.25) is 9.20 Å². The van der Waals surface area contributed by atoms with Crippen LogP contribution >= 0.6 is 0 Å². The summed E-state index contributed by atoms with van der Waals surface area (Å²) in [6, 6.07) is 15.2. The fraction of sp³-hybridized carbons (Fsp3) is 0.176. The third-order valence-electron chi connectivity index (χ3n) is 3.82. The summed E-state index contributed by atoms with van der Waals surface area (Å²) in [6.07, 6.45) is 2.48. The molecule has 0 aliphatic rings. The second-order valence-electron chi connectivity index (χ2n) is 5.65. The van der Waals surface area contributed by atoms with Crippen LogP contribution in [-0.2, 0) is 17.8 Å². The molecule has 0 spiro atoms. The molecule has 26 heavy (non-hydrogen) atoms. The van der Waals surface area contributed by atoms with Gasteiger partial charge in [0.15, 0.2) is 5.65 Å². The van der Waals surface area contributed by atoms with E-state index in [0.717, 1.165) is 17.0 Å². The third kappa shape index (κ3) is 3.41. The quantitative estimate of drug-likeness (QED) is 0.551. The van der Waals surface area contributed by atoms with E-state index in [-0.39, 0.29) is 12.5 Å². The van der Waals surface area contributed by atoms with E-state index in [9.17, 15) is 4.79 Å². The Kier molecular flexibility index (Phi) is 4.33. The van der Waals surface area contributed by atoms with Crippen LogP contribution in [0, 0.1) is 0 Å². The lowest BCUT2D eigenvalue weighted by molar-refractivity contribution is -0.122. The standard InChI is InChI=1S/C17H16N8O/c26-16(12-25-22-17(21-23-25)13-6-2-1-3-7-13)18-10-9-15-20-19-14-8-4-5-11-24(14)15/h1-8,11H,9-10,12H2,(H,18,26). The van der Waals surface area contributed by atoms with E-state index in [1.807, 2.05) is 59.1 Å². The van der Waals surface area contributed by atoms with Crippen molar-refractivity contribution in [2.24, 2.45) is 0 Å². The maximum absolute atomic E-state index is 12.1. The molecule has 3 aromatic heterocycles. The molecule has 4 rings (SSSR count). The second-order valence-corrected chi connectivity index (χ2v) is 5.65. The van der Waals surface area contributed by atoms with Gasteiger partial charge in [-0.2, -0.15) is 4.80 Å². The smallest absolute Gasteiger partial charge is 0.243 e. The molecule has 0 bridgehead atoms. The van der Waals surface area contributed by atoms with Crippen LogP contribution in [0.3, 0.4) is 0 Å². The average molecular weight is 348 g/mol. The topological polar surface area (TPSA) is 103 Å².